The SMILES string of the molecule is COc1ccc(C(=O)OCc2nc(-c3ccc(F)cc3)no2)c(F)c1. The zero-order valence-electron chi connectivity index (χ0n) is 13.0. The molecule has 0 bridgehead atoms. The monoisotopic (exact) mass is 346 g/mol. The van der Waals surface area contributed by atoms with Crippen molar-refractivity contribution in [2.75, 3.05) is 7.11 Å². The summed E-state index contributed by atoms with van der Waals surface area (Å²) in [6.07, 6.45) is 0. The van der Waals surface area contributed by atoms with E-state index >= 15 is 0 Å². The molecule has 0 N–H and O–H groups in total. The molecule has 128 valence electrons. The van der Waals surface area contributed by atoms with E-state index in [4.69, 9.17) is 14.0 Å². The second-order valence-electron chi connectivity index (χ2n) is 4.94. The van der Waals surface area contributed by atoms with Gasteiger partial charge >= 0.3 is 5.97 Å². The van der Waals surface area contributed by atoms with Gasteiger partial charge in [-0.25, -0.2) is 13.6 Å². The van der Waals surface area contributed by atoms with Gasteiger partial charge in [0.25, 0.3) is 5.89 Å². The average Bonchev–Trinajstić information content (AvgIpc) is 3.09. The number of ether oxygens (including phenoxy) is 2. The zero-order chi connectivity index (χ0) is 17.8. The van der Waals surface area contributed by atoms with Gasteiger partial charge in [0.15, 0.2) is 6.61 Å². The van der Waals surface area contributed by atoms with Crippen molar-refractivity contribution in [1.29, 1.82) is 0 Å². The van der Waals surface area contributed by atoms with Crippen molar-refractivity contribution in [3.05, 3.63) is 65.6 Å². The molecule has 0 saturated heterocycles. The molecule has 0 fully saturated rings. The van der Waals surface area contributed by atoms with Crippen LogP contribution in [0.2, 0.25) is 0 Å². The van der Waals surface area contributed by atoms with Crippen molar-refractivity contribution in [2.24, 2.45) is 0 Å². The third kappa shape index (κ3) is 3.79. The van der Waals surface area contributed by atoms with Gasteiger partial charge < -0.3 is 14.0 Å². The number of carbonyl (C=O) groups is 1. The summed E-state index contributed by atoms with van der Waals surface area (Å²) in [5, 5.41) is 3.72. The molecule has 0 saturated carbocycles. The number of methoxy groups -OCH3 is 1. The summed E-state index contributed by atoms with van der Waals surface area (Å²) in [4.78, 5) is 16.0. The van der Waals surface area contributed by atoms with Crippen molar-refractivity contribution in [2.45, 2.75) is 6.61 Å². The highest BCUT2D eigenvalue weighted by Gasteiger charge is 2.16. The average molecular weight is 346 g/mol. The standard InChI is InChI=1S/C17H12F2N2O4/c1-23-12-6-7-13(14(19)8-12)17(22)24-9-15-20-16(21-25-15)10-2-4-11(18)5-3-10/h2-8H,9H2,1H3. The van der Waals surface area contributed by atoms with Gasteiger partial charge in [0.05, 0.1) is 12.7 Å². The summed E-state index contributed by atoms with van der Waals surface area (Å²) in [6, 6.07) is 9.28. The molecule has 3 rings (SSSR count). The van der Waals surface area contributed by atoms with E-state index in [-0.39, 0.29) is 35.5 Å². The summed E-state index contributed by atoms with van der Waals surface area (Å²) in [5.74, 6) is -1.48. The van der Waals surface area contributed by atoms with Crippen LogP contribution in [0, 0.1) is 11.6 Å². The molecule has 25 heavy (non-hydrogen) atoms. The number of benzene rings is 2. The van der Waals surface area contributed by atoms with E-state index in [1.165, 1.54) is 43.5 Å². The number of rotatable bonds is 5. The number of carbonyl (C=O) groups excluding carboxylic acids is 1. The summed E-state index contributed by atoms with van der Waals surface area (Å²) < 4.78 is 41.5. The maximum Gasteiger partial charge on any atom is 0.341 e. The fourth-order valence-corrected chi connectivity index (χ4v) is 2.02. The topological polar surface area (TPSA) is 74.5 Å². The lowest BCUT2D eigenvalue weighted by molar-refractivity contribution is 0.0424. The Bertz CT molecular complexity index is 894. The van der Waals surface area contributed by atoms with Crippen LogP contribution in [0.1, 0.15) is 16.2 Å². The maximum atomic E-state index is 13.8. The van der Waals surface area contributed by atoms with Crippen LogP contribution in [0.25, 0.3) is 11.4 Å². The van der Waals surface area contributed by atoms with Crippen molar-refractivity contribution in [3.8, 4) is 17.1 Å². The normalized spacial score (nSPS) is 10.5. The van der Waals surface area contributed by atoms with Gasteiger partial charge in [0.1, 0.15) is 17.4 Å². The summed E-state index contributed by atoms with van der Waals surface area (Å²) in [6.45, 7) is -0.321. The Hall–Kier alpha value is -3.29. The maximum absolute atomic E-state index is 13.8. The minimum absolute atomic E-state index is 0.0293. The number of nitrogens with zero attached hydrogens (tertiary/aromatic N) is 2. The van der Waals surface area contributed by atoms with Gasteiger partial charge in [-0.05, 0) is 36.4 Å². The minimum atomic E-state index is -0.873. The van der Waals surface area contributed by atoms with Crippen LogP contribution in [0.15, 0.2) is 47.0 Å². The van der Waals surface area contributed by atoms with E-state index in [9.17, 15) is 13.6 Å². The van der Waals surface area contributed by atoms with Crippen LogP contribution in [-0.4, -0.2) is 23.2 Å². The van der Waals surface area contributed by atoms with Crippen molar-refractivity contribution >= 4 is 5.97 Å². The molecule has 3 aromatic rings. The zero-order valence-corrected chi connectivity index (χ0v) is 13.0. The van der Waals surface area contributed by atoms with Gasteiger partial charge in [-0.15, -0.1) is 0 Å². The lowest BCUT2D eigenvalue weighted by atomic mass is 10.2. The molecule has 0 aliphatic heterocycles. The molecule has 0 amide bonds. The Balaban J connectivity index is 1.66. The van der Waals surface area contributed by atoms with Crippen molar-refractivity contribution < 1.29 is 27.6 Å². The first-order valence-corrected chi connectivity index (χ1v) is 7.16. The number of hydrogen-bond acceptors (Lipinski definition) is 6. The fraction of sp³-hybridized carbons (Fsp3) is 0.118. The molecule has 0 atom stereocenters. The fourth-order valence-electron chi connectivity index (χ4n) is 2.02. The van der Waals surface area contributed by atoms with Crippen LogP contribution in [-0.2, 0) is 11.3 Å². The Morgan fingerprint density at radius 3 is 2.60 bits per heavy atom. The van der Waals surface area contributed by atoms with Gasteiger partial charge in [-0.3, -0.25) is 0 Å². The van der Waals surface area contributed by atoms with E-state index < -0.39 is 11.8 Å². The number of aromatic nitrogens is 2. The van der Waals surface area contributed by atoms with Crippen LogP contribution >= 0.6 is 0 Å². The van der Waals surface area contributed by atoms with Crippen LogP contribution in [0.4, 0.5) is 8.78 Å². The molecule has 8 heteroatoms. The van der Waals surface area contributed by atoms with E-state index in [1.54, 1.807) is 0 Å². The molecule has 2 aromatic carbocycles. The predicted octanol–water partition coefficient (Wildman–Crippen LogP) is 3.38. The molecular weight excluding hydrogens is 334 g/mol. The van der Waals surface area contributed by atoms with Crippen molar-refractivity contribution in [1.82, 2.24) is 10.1 Å². The number of hydrogen-bond donors (Lipinski definition) is 0. The summed E-state index contributed by atoms with van der Waals surface area (Å²) >= 11 is 0. The molecule has 0 unspecified atom stereocenters. The summed E-state index contributed by atoms with van der Waals surface area (Å²) in [7, 11) is 1.39. The molecule has 1 heterocycles. The second kappa shape index (κ2) is 7.08. The van der Waals surface area contributed by atoms with E-state index in [2.05, 4.69) is 10.1 Å². The molecule has 6 nitrogen and oxygen atoms in total. The highest BCUT2D eigenvalue weighted by atomic mass is 19.1. The summed E-state index contributed by atoms with van der Waals surface area (Å²) in [5.41, 5.74) is 0.308. The number of esters is 1. The van der Waals surface area contributed by atoms with Gasteiger partial charge in [0, 0.05) is 11.6 Å². The predicted molar refractivity (Wildman–Crippen MR) is 81.8 cm³/mol. The highest BCUT2D eigenvalue weighted by molar-refractivity contribution is 5.89. The highest BCUT2D eigenvalue weighted by Crippen LogP contribution is 2.19. The molecule has 0 aliphatic rings. The van der Waals surface area contributed by atoms with E-state index in [0.29, 0.717) is 5.56 Å². The van der Waals surface area contributed by atoms with Gasteiger partial charge in [0.2, 0.25) is 5.82 Å². The smallest absolute Gasteiger partial charge is 0.341 e. The quantitative estimate of drug-likeness (QED) is 0.659. The molecule has 0 aliphatic carbocycles. The first-order valence-electron chi connectivity index (χ1n) is 7.16. The molecule has 0 radical (unpaired) electrons. The van der Waals surface area contributed by atoms with E-state index in [1.807, 2.05) is 0 Å². The van der Waals surface area contributed by atoms with Crippen LogP contribution < -0.4 is 4.74 Å². The lowest BCUT2D eigenvalue weighted by Crippen LogP contribution is -2.08. The second-order valence-corrected chi connectivity index (χ2v) is 4.94. The van der Waals surface area contributed by atoms with Gasteiger partial charge in [-0.2, -0.15) is 4.98 Å². The van der Waals surface area contributed by atoms with Gasteiger partial charge in [-0.1, -0.05) is 5.16 Å². The Morgan fingerprint density at radius 1 is 1.16 bits per heavy atom. The largest absolute Gasteiger partial charge is 0.497 e. The molecule has 0 spiro atoms. The van der Waals surface area contributed by atoms with Crippen molar-refractivity contribution in [3.63, 3.8) is 0 Å². The molecular formula is C17H12F2N2O4. The first-order chi connectivity index (χ1) is 12.1. The Kier molecular flexibility index (Phi) is 4.69. The number of halogens is 2. The Labute approximate surface area is 141 Å². The first kappa shape index (κ1) is 16.6. The minimum Gasteiger partial charge on any atom is -0.497 e. The van der Waals surface area contributed by atoms with E-state index in [0.717, 1.165) is 6.07 Å². The third-order valence-corrected chi connectivity index (χ3v) is 3.29. The lowest BCUT2D eigenvalue weighted by Gasteiger charge is -2.05. The van der Waals surface area contributed by atoms with Crippen LogP contribution in [0.3, 0.4) is 0 Å². The molecule has 1 aromatic heterocycles. The Morgan fingerprint density at radius 2 is 1.92 bits per heavy atom. The third-order valence-electron chi connectivity index (χ3n) is 3.29. The van der Waals surface area contributed by atoms with Crippen LogP contribution in [0.5, 0.6) is 5.75 Å².